The minimum atomic E-state index is -2.32. The van der Waals surface area contributed by atoms with Crippen molar-refractivity contribution in [2.24, 2.45) is 17.3 Å². The van der Waals surface area contributed by atoms with Crippen LogP contribution in [0.5, 0.6) is 0 Å². The molecule has 0 radical (unpaired) electrons. The van der Waals surface area contributed by atoms with Gasteiger partial charge in [0.1, 0.15) is 24.4 Å². The molecular formula is C39H59NO11. The van der Waals surface area contributed by atoms with Crippen LogP contribution in [-0.2, 0) is 28.5 Å². The van der Waals surface area contributed by atoms with Crippen molar-refractivity contribution in [1.29, 1.82) is 0 Å². The first-order valence-electron chi connectivity index (χ1n) is 17.3. The van der Waals surface area contributed by atoms with E-state index in [-0.39, 0.29) is 18.9 Å². The highest BCUT2D eigenvalue weighted by atomic mass is 16.7. The molecule has 0 aromatic carbocycles. The molecule has 12 heteroatoms. The molecule has 0 spiro atoms. The molecule has 0 bridgehead atoms. The molecule has 1 amide bonds. The van der Waals surface area contributed by atoms with Gasteiger partial charge in [0.2, 0.25) is 11.7 Å². The number of rotatable bonds is 16. The normalized spacial score (nSPS) is 32.4. The van der Waals surface area contributed by atoms with E-state index in [4.69, 9.17) is 14.2 Å². The first kappa shape index (κ1) is 44.0. The second-order valence-corrected chi connectivity index (χ2v) is 13.6. The fraction of sp³-hybridized carbons (Fsp3) is 0.590. The molecular weight excluding hydrogens is 658 g/mol. The third-order valence-electron chi connectivity index (χ3n) is 9.65. The summed E-state index contributed by atoms with van der Waals surface area (Å²) in [4.78, 5) is 24.7. The molecule has 51 heavy (non-hydrogen) atoms. The van der Waals surface area contributed by atoms with E-state index in [1.165, 1.54) is 7.11 Å². The highest BCUT2D eigenvalue weighted by molar-refractivity contribution is 5.87. The van der Waals surface area contributed by atoms with Crippen molar-refractivity contribution in [3.63, 3.8) is 0 Å². The quantitative estimate of drug-likeness (QED) is 0.0784. The van der Waals surface area contributed by atoms with Crippen molar-refractivity contribution in [1.82, 2.24) is 5.32 Å². The molecule has 2 heterocycles. The largest absolute Gasteiger partial charge is 0.466 e. The standard InChI is InChI=1S/C39H59NO11/c1-10-12-14-22-29-38(6,7)34(43)35(44)39(47,51-29)27(11-2)36(45)40-23-18-17-19-24(3)32(48-8)26(5)33-31(42)30(41)28(50-33)21-16-13-15-20-25(4)37(46)49-9/h10,12-22,26-35,41-44,47H,11,23H2,1-9H3,(H,40,45)/b12-10+,15-13+,18-17+,21-16+,22-14+,24-19+,25-20+. The molecule has 2 saturated heterocycles. The lowest BCUT2D eigenvalue weighted by molar-refractivity contribution is -0.359. The Bertz CT molecular complexity index is 1360. The summed E-state index contributed by atoms with van der Waals surface area (Å²) in [6, 6.07) is 0. The second kappa shape index (κ2) is 20.1. The SMILES string of the molecule is C/C=C/C=C/C1OC(O)(C(CC)C(=O)NC/C=C/C=C(\C)C(OC)C(C)C2OC(/C=C/C=C/C=C(\C)C(=O)OC)C(O)C2O)C(O)C(O)C1(C)C. The van der Waals surface area contributed by atoms with Crippen molar-refractivity contribution in [2.45, 2.75) is 110 Å². The first-order chi connectivity index (χ1) is 24.0. The maximum Gasteiger partial charge on any atom is 0.333 e. The number of allylic oxidation sites excluding steroid dienone is 9. The Morgan fingerprint density at radius 2 is 1.59 bits per heavy atom. The van der Waals surface area contributed by atoms with Crippen LogP contribution in [0.2, 0.25) is 0 Å². The zero-order chi connectivity index (χ0) is 38.5. The van der Waals surface area contributed by atoms with Crippen molar-refractivity contribution in [3.05, 3.63) is 84.1 Å². The van der Waals surface area contributed by atoms with Crippen LogP contribution in [0.25, 0.3) is 0 Å². The van der Waals surface area contributed by atoms with Gasteiger partial charge >= 0.3 is 5.97 Å². The van der Waals surface area contributed by atoms with E-state index in [0.717, 1.165) is 5.57 Å². The molecule has 2 rings (SSSR count). The number of carbonyl (C=O) groups is 2. The van der Waals surface area contributed by atoms with E-state index in [2.05, 4.69) is 10.1 Å². The van der Waals surface area contributed by atoms with Gasteiger partial charge < -0.3 is 49.8 Å². The Morgan fingerprint density at radius 3 is 2.20 bits per heavy atom. The number of ether oxygens (including phenoxy) is 4. The van der Waals surface area contributed by atoms with Gasteiger partial charge in [0, 0.05) is 30.6 Å². The molecule has 12 nitrogen and oxygen atoms in total. The summed E-state index contributed by atoms with van der Waals surface area (Å²) in [5, 5.41) is 57.6. The van der Waals surface area contributed by atoms with Gasteiger partial charge in [0.25, 0.3) is 0 Å². The predicted octanol–water partition coefficient (Wildman–Crippen LogP) is 2.97. The number of methoxy groups -OCH3 is 2. The number of nitrogens with one attached hydrogen (secondary N) is 1. The van der Waals surface area contributed by atoms with Gasteiger partial charge in [-0.05, 0) is 32.8 Å². The van der Waals surface area contributed by atoms with Gasteiger partial charge in [-0.1, -0.05) is 101 Å². The molecule has 2 aliphatic rings. The first-order valence-corrected chi connectivity index (χ1v) is 17.3. The van der Waals surface area contributed by atoms with E-state index in [0.29, 0.717) is 5.57 Å². The lowest BCUT2D eigenvalue weighted by Gasteiger charge is -2.53. The Hall–Kier alpha value is -3.20. The van der Waals surface area contributed by atoms with E-state index >= 15 is 0 Å². The third kappa shape index (κ3) is 10.9. The van der Waals surface area contributed by atoms with Crippen LogP contribution in [0.15, 0.2) is 84.1 Å². The fourth-order valence-electron chi connectivity index (χ4n) is 6.39. The van der Waals surface area contributed by atoms with E-state index in [1.54, 1.807) is 102 Å². The molecule has 0 aliphatic carbocycles. The van der Waals surface area contributed by atoms with Crippen molar-refractivity contribution in [3.8, 4) is 0 Å². The molecule has 0 aromatic rings. The Balaban J connectivity index is 2.05. The van der Waals surface area contributed by atoms with Crippen LogP contribution in [0, 0.1) is 17.3 Å². The zero-order valence-corrected chi connectivity index (χ0v) is 31.3. The number of carbonyl (C=O) groups excluding carboxylic acids is 2. The Morgan fingerprint density at radius 1 is 0.922 bits per heavy atom. The molecule has 286 valence electrons. The lowest BCUT2D eigenvalue weighted by atomic mass is 9.71. The number of esters is 1. The summed E-state index contributed by atoms with van der Waals surface area (Å²) >= 11 is 0. The van der Waals surface area contributed by atoms with Crippen molar-refractivity contribution < 1.29 is 54.1 Å². The summed E-state index contributed by atoms with van der Waals surface area (Å²) in [5.41, 5.74) is 0.300. The average Bonchev–Trinajstić information content (AvgIpc) is 3.38. The van der Waals surface area contributed by atoms with Crippen LogP contribution >= 0.6 is 0 Å². The average molecular weight is 718 g/mol. The predicted molar refractivity (Wildman–Crippen MR) is 194 cm³/mol. The van der Waals surface area contributed by atoms with Crippen LogP contribution in [0.1, 0.15) is 54.9 Å². The monoisotopic (exact) mass is 717 g/mol. The topological polar surface area (TPSA) is 184 Å². The molecule has 11 unspecified atom stereocenters. The van der Waals surface area contributed by atoms with Gasteiger partial charge in [-0.25, -0.2) is 4.79 Å². The summed E-state index contributed by atoms with van der Waals surface area (Å²) in [7, 11) is 2.85. The van der Waals surface area contributed by atoms with Crippen LogP contribution in [0.3, 0.4) is 0 Å². The van der Waals surface area contributed by atoms with Crippen molar-refractivity contribution >= 4 is 11.9 Å². The zero-order valence-electron chi connectivity index (χ0n) is 31.3. The summed E-state index contributed by atoms with van der Waals surface area (Å²) in [5.74, 6) is -4.83. The number of aliphatic hydroxyl groups is 5. The molecule has 11 atom stereocenters. The maximum atomic E-state index is 13.3. The number of amides is 1. The molecule has 0 aromatic heterocycles. The molecule has 2 fully saturated rings. The van der Waals surface area contributed by atoms with Gasteiger partial charge in [0.05, 0.1) is 37.4 Å². The summed E-state index contributed by atoms with van der Waals surface area (Å²) in [6.45, 7) is 12.4. The van der Waals surface area contributed by atoms with Crippen LogP contribution < -0.4 is 5.32 Å². The summed E-state index contributed by atoms with van der Waals surface area (Å²) < 4.78 is 22.4. The fourth-order valence-corrected chi connectivity index (χ4v) is 6.39. The highest BCUT2D eigenvalue weighted by Crippen LogP contribution is 2.44. The van der Waals surface area contributed by atoms with Crippen molar-refractivity contribution in [2.75, 3.05) is 20.8 Å². The highest BCUT2D eigenvalue weighted by Gasteiger charge is 2.60. The molecule has 2 aliphatic heterocycles. The smallest absolute Gasteiger partial charge is 0.333 e. The maximum absolute atomic E-state index is 13.3. The van der Waals surface area contributed by atoms with Gasteiger partial charge in [-0.2, -0.15) is 0 Å². The Kier molecular flexibility index (Phi) is 17.4. The van der Waals surface area contributed by atoms with Crippen LogP contribution in [0.4, 0.5) is 0 Å². The number of hydrogen-bond donors (Lipinski definition) is 6. The van der Waals surface area contributed by atoms with E-state index in [9.17, 15) is 35.1 Å². The van der Waals surface area contributed by atoms with E-state index in [1.807, 2.05) is 26.8 Å². The number of hydrogen-bond acceptors (Lipinski definition) is 11. The van der Waals surface area contributed by atoms with Gasteiger partial charge in [0.15, 0.2) is 0 Å². The minimum Gasteiger partial charge on any atom is -0.466 e. The second-order valence-electron chi connectivity index (χ2n) is 13.6. The Labute approximate surface area is 302 Å². The molecule has 6 N–H and O–H groups in total. The van der Waals surface area contributed by atoms with Gasteiger partial charge in [-0.3, -0.25) is 4.79 Å². The van der Waals surface area contributed by atoms with Crippen LogP contribution in [-0.4, -0.2) is 113 Å². The summed E-state index contributed by atoms with van der Waals surface area (Å²) in [6.07, 6.45) is 12.5. The lowest BCUT2D eigenvalue weighted by Crippen LogP contribution is -2.69. The third-order valence-corrected chi connectivity index (χ3v) is 9.65. The minimum absolute atomic E-state index is 0.105. The molecule has 0 saturated carbocycles. The number of aliphatic hydroxyl groups excluding tert-OH is 4. The van der Waals surface area contributed by atoms with Gasteiger partial charge in [-0.15, -0.1) is 0 Å². The van der Waals surface area contributed by atoms with E-state index < -0.39 is 77.8 Å².